The van der Waals surface area contributed by atoms with Crippen molar-refractivity contribution in [1.29, 1.82) is 0 Å². The van der Waals surface area contributed by atoms with Crippen LogP contribution in [-0.4, -0.2) is 111 Å². The number of aliphatic hydroxyl groups is 1. The normalized spacial score (nSPS) is 20.3. The maximum atomic E-state index is 14.4. The van der Waals surface area contributed by atoms with Crippen molar-refractivity contribution in [1.82, 2.24) is 24.0 Å². The number of rotatable bonds is 12. The number of carbonyl (C=O) groups excluding carboxylic acids is 2. The summed E-state index contributed by atoms with van der Waals surface area (Å²) >= 11 is 0. The minimum atomic E-state index is -5.51. The summed E-state index contributed by atoms with van der Waals surface area (Å²) < 4.78 is 111. The lowest BCUT2D eigenvalue weighted by Gasteiger charge is -2.48. The number of fused-ring (bicyclic) bond motifs is 3. The molecule has 2 fully saturated rings. The number of carbonyl (C=O) groups is 2. The molecule has 77 heavy (non-hydrogen) atoms. The molecule has 0 radical (unpaired) electrons. The van der Waals surface area contributed by atoms with Crippen LogP contribution in [0.2, 0.25) is 0 Å². The average molecular weight is 1090 g/mol. The highest BCUT2D eigenvalue weighted by Crippen LogP contribution is 2.46. The van der Waals surface area contributed by atoms with Crippen LogP contribution in [0.1, 0.15) is 87.3 Å². The topological polar surface area (TPSA) is 178 Å². The predicted molar refractivity (Wildman–Crippen MR) is 281 cm³/mol. The first-order valence-electron chi connectivity index (χ1n) is 25.4. The number of hydrogen-bond acceptors (Lipinski definition) is 12. The number of nitrogens with zero attached hydrogens (tertiary/aromatic N) is 8. The molecule has 16 nitrogen and oxygen atoms in total. The zero-order chi connectivity index (χ0) is 55.9. The van der Waals surface area contributed by atoms with Crippen LogP contribution < -0.4 is 30.9 Å². The van der Waals surface area contributed by atoms with E-state index in [-0.39, 0.29) is 41.0 Å². The van der Waals surface area contributed by atoms with Gasteiger partial charge in [0.15, 0.2) is 20.4 Å². The molecule has 0 bridgehead atoms. The summed E-state index contributed by atoms with van der Waals surface area (Å²) in [5.74, 6) is -0.451. The van der Waals surface area contributed by atoms with Gasteiger partial charge < -0.3 is 34.7 Å². The van der Waals surface area contributed by atoms with Crippen molar-refractivity contribution in [2.45, 2.75) is 120 Å². The zero-order valence-electron chi connectivity index (χ0n) is 43.8. The number of aromatic nitrogens is 4. The van der Waals surface area contributed by atoms with Crippen molar-refractivity contribution in [2.75, 3.05) is 58.1 Å². The fraction of sp³-hybridized carbons (Fsp3) is 0.463. The molecule has 3 aromatic heterocycles. The van der Waals surface area contributed by atoms with Gasteiger partial charge in [-0.25, -0.2) is 18.4 Å². The molecule has 0 saturated carbocycles. The van der Waals surface area contributed by atoms with Crippen LogP contribution in [0.15, 0.2) is 83.3 Å². The fourth-order valence-corrected chi connectivity index (χ4v) is 13.0. The number of benzene rings is 2. The highest BCUT2D eigenvalue weighted by molar-refractivity contribution is 7.93. The second-order valence-electron chi connectivity index (χ2n) is 21.8. The summed E-state index contributed by atoms with van der Waals surface area (Å²) in [4.78, 5) is 56.3. The molecule has 2 amide bonds. The van der Waals surface area contributed by atoms with Gasteiger partial charge in [0.2, 0.25) is 5.91 Å². The Balaban J connectivity index is 0.907. The van der Waals surface area contributed by atoms with Gasteiger partial charge in [0.1, 0.15) is 11.5 Å². The number of pyridine rings is 1. The first-order valence-corrected chi connectivity index (χ1v) is 26.9. The van der Waals surface area contributed by atoms with E-state index < -0.39 is 55.5 Å². The lowest BCUT2D eigenvalue weighted by atomic mass is 9.90. The number of piperidine rings is 1. The molecule has 0 spiro atoms. The molecule has 9 rings (SSSR count). The monoisotopic (exact) mass is 1090 g/mol. The molecule has 3 atom stereocenters. The van der Waals surface area contributed by atoms with Crippen molar-refractivity contribution in [3.63, 3.8) is 0 Å². The maximum absolute atomic E-state index is 14.4. The lowest BCUT2D eigenvalue weighted by molar-refractivity contribution is -0.153. The van der Waals surface area contributed by atoms with Crippen LogP contribution >= 0.6 is 0 Å². The third-order valence-electron chi connectivity index (χ3n) is 15.7. The molecule has 3 aliphatic heterocycles. The van der Waals surface area contributed by atoms with Crippen LogP contribution in [0.3, 0.4) is 0 Å². The molecule has 5 aromatic rings. The molecule has 412 valence electrons. The molecule has 2 saturated heterocycles. The summed E-state index contributed by atoms with van der Waals surface area (Å²) in [7, 11) is -3.94. The second kappa shape index (κ2) is 19.9. The van der Waals surface area contributed by atoms with Gasteiger partial charge in [0.05, 0.1) is 34.1 Å². The summed E-state index contributed by atoms with van der Waals surface area (Å²) in [5, 5.41) is 16.9. The summed E-state index contributed by atoms with van der Waals surface area (Å²) in [5.41, 5.74) is 3.67. The Morgan fingerprint density at radius 1 is 0.935 bits per heavy atom. The van der Waals surface area contributed by atoms with E-state index in [0.29, 0.717) is 123 Å². The number of nitrogens with one attached hydrogen (secondary N) is 2. The molecular formula is C54H62F6N10O6S. The number of piperazine rings is 1. The summed E-state index contributed by atoms with van der Waals surface area (Å²) in [6.45, 7) is 15.0. The highest BCUT2D eigenvalue weighted by atomic mass is 32.2. The number of aliphatic hydroxyl groups excluding tert-OH is 1. The van der Waals surface area contributed by atoms with Crippen LogP contribution in [0.4, 0.5) is 60.7 Å². The highest BCUT2D eigenvalue weighted by Gasteiger charge is 2.58. The largest absolute Gasteiger partial charge is 0.417 e. The molecule has 23 heteroatoms. The van der Waals surface area contributed by atoms with E-state index >= 15 is 0 Å². The Morgan fingerprint density at radius 3 is 2.34 bits per heavy atom. The Hall–Kier alpha value is -6.72. The standard InChI is InChI=1S/C54H62F6N10O6S/c1-9-46(72)63-40-24-34(62-47-50(74)65(8)29-41(64-47)37-14-16-61-48(38(37)30-71)70-21-20-69-43(49(70)73)23-33-26-51(4,5)27-44(33)69)10-12-42(40)68-19-18-66(28-32(68)3)35-15-17-67(31(2)22-35)36-11-13-45(39(25-36)53(55,56)57)77(75,76)52(6,7)54(58,59)60/h9-14,16,23-25,29,31-32,35,71H,1,15,17-22,26-28,30H2,2-8H3,(H,62,64)(H,63,72)/t31-,32-,35?/m0/s1. The third kappa shape index (κ3) is 10.1. The third-order valence-corrected chi connectivity index (χ3v) is 18.2. The van der Waals surface area contributed by atoms with Gasteiger partial charge in [-0.05, 0) is 119 Å². The molecule has 3 N–H and O–H groups in total. The van der Waals surface area contributed by atoms with Gasteiger partial charge >= 0.3 is 12.4 Å². The number of halogens is 6. The second-order valence-corrected chi connectivity index (χ2v) is 24.3. The SMILES string of the molecule is C=CC(=O)Nc1cc(Nc2nc(-c3ccnc(N4CCn5c(cc6c5CC(C)(C)C6)C4=O)c3CO)cn(C)c2=O)ccc1N1CCN(C2CCN(c3ccc(S(=O)(=O)C(C)(C)C(F)(F)F)c(C(F)(F)F)c3)[C@@H](C)C2)C[C@@H]1C. The summed E-state index contributed by atoms with van der Waals surface area (Å²) in [6, 6.07) is 10.9. The number of amides is 2. The van der Waals surface area contributed by atoms with Gasteiger partial charge in [-0.2, -0.15) is 26.3 Å². The number of alkyl halides is 6. The predicted octanol–water partition coefficient (Wildman–Crippen LogP) is 8.49. The van der Waals surface area contributed by atoms with Crippen LogP contribution in [0, 0.1) is 5.41 Å². The number of sulfone groups is 1. The van der Waals surface area contributed by atoms with Crippen molar-refractivity contribution in [3.05, 3.63) is 112 Å². The smallest absolute Gasteiger partial charge is 0.392 e. The minimum absolute atomic E-state index is 0.0127. The average Bonchev–Trinajstić information content (AvgIpc) is 3.89. The van der Waals surface area contributed by atoms with Gasteiger partial charge in [0.25, 0.3) is 11.5 Å². The van der Waals surface area contributed by atoms with E-state index in [4.69, 9.17) is 4.98 Å². The first-order chi connectivity index (χ1) is 36.0. The van der Waals surface area contributed by atoms with Crippen molar-refractivity contribution < 1.29 is 49.5 Å². The van der Waals surface area contributed by atoms with Crippen LogP contribution in [0.5, 0.6) is 0 Å². The van der Waals surface area contributed by atoms with E-state index in [1.54, 1.807) is 47.4 Å². The molecular weight excluding hydrogens is 1030 g/mol. The van der Waals surface area contributed by atoms with E-state index in [9.17, 15) is 54.3 Å². The Morgan fingerprint density at radius 2 is 1.68 bits per heavy atom. The van der Waals surface area contributed by atoms with E-state index in [1.807, 2.05) is 26.0 Å². The van der Waals surface area contributed by atoms with Gasteiger partial charge in [-0.1, -0.05) is 20.4 Å². The van der Waals surface area contributed by atoms with E-state index in [2.05, 4.69) is 50.4 Å². The van der Waals surface area contributed by atoms with Crippen molar-refractivity contribution >= 4 is 56.0 Å². The number of anilines is 6. The maximum Gasteiger partial charge on any atom is 0.417 e. The lowest BCUT2D eigenvalue weighted by Crippen LogP contribution is -2.58. The molecule has 4 aliphatic rings. The number of hydrogen-bond donors (Lipinski definition) is 3. The van der Waals surface area contributed by atoms with Gasteiger partial charge in [-0.3, -0.25) is 24.2 Å². The molecule has 6 heterocycles. The fourth-order valence-electron chi connectivity index (χ4n) is 11.4. The van der Waals surface area contributed by atoms with Crippen LogP contribution in [0.25, 0.3) is 11.3 Å². The number of aryl methyl sites for hydroxylation is 1. The van der Waals surface area contributed by atoms with E-state index in [1.165, 1.54) is 15.8 Å². The van der Waals surface area contributed by atoms with E-state index in [0.717, 1.165) is 25.0 Å². The van der Waals surface area contributed by atoms with Crippen molar-refractivity contribution in [3.8, 4) is 11.3 Å². The quantitative estimate of drug-likeness (QED) is 0.0803. The zero-order valence-corrected chi connectivity index (χ0v) is 44.6. The molecule has 1 unspecified atom stereocenters. The molecule has 1 aliphatic carbocycles. The van der Waals surface area contributed by atoms with Crippen molar-refractivity contribution in [2.24, 2.45) is 12.5 Å². The minimum Gasteiger partial charge on any atom is -0.392 e. The molecule has 2 aromatic carbocycles. The summed E-state index contributed by atoms with van der Waals surface area (Å²) in [6.07, 6.45) is -3.54. The Kier molecular flexibility index (Phi) is 14.3. The Bertz CT molecular complexity index is 3350. The van der Waals surface area contributed by atoms with Gasteiger partial charge in [-0.15, -0.1) is 0 Å². The van der Waals surface area contributed by atoms with Crippen LogP contribution in [-0.2, 0) is 53.8 Å². The Labute approximate surface area is 442 Å². The van der Waals surface area contributed by atoms with Gasteiger partial charge in [0, 0.05) is 105 Å². The first kappa shape index (κ1) is 55.0.